The van der Waals surface area contributed by atoms with Crippen LogP contribution in [0.15, 0.2) is 59.7 Å². The maximum Gasteiger partial charge on any atom is 0.106 e. The molecule has 0 aliphatic carbocycles. The van der Waals surface area contributed by atoms with Gasteiger partial charge in [-0.15, -0.1) is 0 Å². The Morgan fingerprint density at radius 2 is 2.00 bits per heavy atom. The summed E-state index contributed by atoms with van der Waals surface area (Å²) in [5.74, 6) is 0. The largest absolute Gasteiger partial charge is 0.262 e. The van der Waals surface area contributed by atoms with Crippen molar-refractivity contribution in [1.82, 2.24) is 19.7 Å². The van der Waals surface area contributed by atoms with E-state index < -0.39 is 0 Å². The molecule has 0 unspecified atom stereocenters. The van der Waals surface area contributed by atoms with Crippen LogP contribution in [0.1, 0.15) is 0 Å². The third-order valence-electron chi connectivity index (χ3n) is 2.50. The molecule has 5 heteroatoms. The summed E-state index contributed by atoms with van der Waals surface area (Å²) in [5, 5.41) is 4.31. The average molecular weight is 301 g/mol. The van der Waals surface area contributed by atoms with Gasteiger partial charge in [0.2, 0.25) is 0 Å². The van der Waals surface area contributed by atoms with Gasteiger partial charge in [-0.05, 0) is 40.2 Å². The Balaban J connectivity index is 2.00. The van der Waals surface area contributed by atoms with Gasteiger partial charge in [0.05, 0.1) is 23.8 Å². The van der Waals surface area contributed by atoms with E-state index in [-0.39, 0.29) is 0 Å². The molecule has 0 saturated heterocycles. The highest BCUT2D eigenvalue weighted by molar-refractivity contribution is 9.10. The van der Waals surface area contributed by atoms with Crippen LogP contribution in [-0.4, -0.2) is 19.7 Å². The zero-order valence-electron chi connectivity index (χ0n) is 9.36. The van der Waals surface area contributed by atoms with Crippen LogP contribution in [0.3, 0.4) is 0 Å². The number of hydrogen-bond donors (Lipinski definition) is 0. The Bertz CT molecular complexity index is 664. The van der Waals surface area contributed by atoms with Gasteiger partial charge in [0.15, 0.2) is 0 Å². The first kappa shape index (κ1) is 11.1. The third-order valence-corrected chi connectivity index (χ3v) is 2.95. The first-order valence-electron chi connectivity index (χ1n) is 5.41. The summed E-state index contributed by atoms with van der Waals surface area (Å²) in [4.78, 5) is 8.47. The van der Waals surface area contributed by atoms with E-state index in [1.165, 1.54) is 0 Å². The standard InChI is InChI=1S/C13H9BrN4/c14-13-5-1-4-12(17-13)10-7-16-18(9-10)11-3-2-6-15-8-11/h1-9H. The van der Waals surface area contributed by atoms with Gasteiger partial charge in [-0.3, -0.25) is 4.98 Å². The molecular weight excluding hydrogens is 292 g/mol. The molecule has 3 rings (SSSR count). The van der Waals surface area contributed by atoms with Gasteiger partial charge in [-0.25, -0.2) is 9.67 Å². The summed E-state index contributed by atoms with van der Waals surface area (Å²) < 4.78 is 2.60. The molecule has 0 fully saturated rings. The monoisotopic (exact) mass is 300 g/mol. The fourth-order valence-electron chi connectivity index (χ4n) is 1.65. The Hall–Kier alpha value is -2.01. The van der Waals surface area contributed by atoms with Crippen LogP contribution in [0.4, 0.5) is 0 Å². The number of halogens is 1. The minimum Gasteiger partial charge on any atom is -0.262 e. The van der Waals surface area contributed by atoms with E-state index in [2.05, 4.69) is 31.0 Å². The molecule has 3 aromatic heterocycles. The highest BCUT2D eigenvalue weighted by Gasteiger charge is 2.04. The minimum atomic E-state index is 0.814. The molecule has 3 heterocycles. The Morgan fingerprint density at radius 1 is 1.06 bits per heavy atom. The molecule has 18 heavy (non-hydrogen) atoms. The normalized spacial score (nSPS) is 10.5. The number of nitrogens with zero attached hydrogens (tertiary/aromatic N) is 4. The van der Waals surface area contributed by atoms with Gasteiger partial charge >= 0.3 is 0 Å². The van der Waals surface area contributed by atoms with Crippen molar-refractivity contribution < 1.29 is 0 Å². The first-order chi connectivity index (χ1) is 8.83. The zero-order valence-corrected chi connectivity index (χ0v) is 10.9. The van der Waals surface area contributed by atoms with E-state index in [1.807, 2.05) is 36.5 Å². The fourth-order valence-corrected chi connectivity index (χ4v) is 2.00. The van der Waals surface area contributed by atoms with Crippen molar-refractivity contribution in [2.75, 3.05) is 0 Å². The number of hydrogen-bond acceptors (Lipinski definition) is 3. The molecule has 0 N–H and O–H groups in total. The molecule has 0 atom stereocenters. The summed E-state index contributed by atoms with van der Waals surface area (Å²) in [6, 6.07) is 9.64. The molecule has 0 aliphatic rings. The van der Waals surface area contributed by atoms with Gasteiger partial charge in [0.25, 0.3) is 0 Å². The van der Waals surface area contributed by atoms with E-state index >= 15 is 0 Å². The smallest absolute Gasteiger partial charge is 0.106 e. The molecular formula is C13H9BrN4. The van der Waals surface area contributed by atoms with Crippen molar-refractivity contribution in [3.8, 4) is 16.9 Å². The van der Waals surface area contributed by atoms with Crippen LogP contribution in [-0.2, 0) is 0 Å². The topological polar surface area (TPSA) is 43.6 Å². The van der Waals surface area contributed by atoms with Crippen molar-refractivity contribution >= 4 is 15.9 Å². The zero-order chi connectivity index (χ0) is 12.4. The molecule has 0 aliphatic heterocycles. The van der Waals surface area contributed by atoms with Gasteiger partial charge in [-0.1, -0.05) is 6.07 Å². The number of aromatic nitrogens is 4. The Morgan fingerprint density at radius 3 is 2.78 bits per heavy atom. The molecule has 4 nitrogen and oxygen atoms in total. The van der Waals surface area contributed by atoms with Crippen LogP contribution in [0, 0.1) is 0 Å². The molecule has 0 aromatic carbocycles. The van der Waals surface area contributed by atoms with E-state index in [4.69, 9.17) is 0 Å². The van der Waals surface area contributed by atoms with E-state index in [0.717, 1.165) is 21.5 Å². The van der Waals surface area contributed by atoms with E-state index in [0.29, 0.717) is 0 Å². The van der Waals surface area contributed by atoms with Gasteiger partial charge in [0, 0.05) is 18.0 Å². The lowest BCUT2D eigenvalue weighted by atomic mass is 10.2. The third kappa shape index (κ3) is 2.17. The summed E-state index contributed by atoms with van der Waals surface area (Å²) in [5.41, 5.74) is 2.79. The Labute approximate surface area is 112 Å². The molecule has 88 valence electrons. The van der Waals surface area contributed by atoms with Crippen LogP contribution in [0.25, 0.3) is 16.9 Å². The summed E-state index contributed by atoms with van der Waals surface area (Å²) in [6.07, 6.45) is 7.24. The molecule has 3 aromatic rings. The second-order valence-corrected chi connectivity index (χ2v) is 4.54. The lowest BCUT2D eigenvalue weighted by Crippen LogP contribution is -1.93. The predicted octanol–water partition coefficient (Wildman–Crippen LogP) is 3.09. The predicted molar refractivity (Wildman–Crippen MR) is 72.3 cm³/mol. The maximum absolute atomic E-state index is 4.40. The highest BCUT2D eigenvalue weighted by atomic mass is 79.9. The number of pyridine rings is 2. The van der Waals surface area contributed by atoms with Crippen molar-refractivity contribution in [1.29, 1.82) is 0 Å². The summed E-state index contributed by atoms with van der Waals surface area (Å²) in [6.45, 7) is 0. The Kier molecular flexibility index (Phi) is 2.90. The molecule has 0 spiro atoms. The average Bonchev–Trinajstić information content (AvgIpc) is 2.89. The van der Waals surface area contributed by atoms with Crippen molar-refractivity contribution in [3.05, 3.63) is 59.7 Å². The number of rotatable bonds is 2. The van der Waals surface area contributed by atoms with Crippen LogP contribution < -0.4 is 0 Å². The van der Waals surface area contributed by atoms with Crippen molar-refractivity contribution in [3.63, 3.8) is 0 Å². The molecule has 0 amide bonds. The van der Waals surface area contributed by atoms with Gasteiger partial charge < -0.3 is 0 Å². The highest BCUT2D eigenvalue weighted by Crippen LogP contribution is 2.19. The van der Waals surface area contributed by atoms with Crippen molar-refractivity contribution in [2.24, 2.45) is 0 Å². The van der Waals surface area contributed by atoms with Gasteiger partial charge in [-0.2, -0.15) is 5.10 Å². The van der Waals surface area contributed by atoms with E-state index in [9.17, 15) is 0 Å². The van der Waals surface area contributed by atoms with Crippen molar-refractivity contribution in [2.45, 2.75) is 0 Å². The molecule has 0 saturated carbocycles. The fraction of sp³-hybridized carbons (Fsp3) is 0. The maximum atomic E-state index is 4.40. The quantitative estimate of drug-likeness (QED) is 0.683. The molecule has 0 bridgehead atoms. The van der Waals surface area contributed by atoms with Crippen LogP contribution in [0.2, 0.25) is 0 Å². The second kappa shape index (κ2) is 4.70. The summed E-state index contributed by atoms with van der Waals surface area (Å²) >= 11 is 3.36. The molecule has 0 radical (unpaired) electrons. The van der Waals surface area contributed by atoms with E-state index in [1.54, 1.807) is 23.3 Å². The lowest BCUT2D eigenvalue weighted by molar-refractivity contribution is 0.874. The lowest BCUT2D eigenvalue weighted by Gasteiger charge is -1.99. The summed E-state index contributed by atoms with van der Waals surface area (Å²) in [7, 11) is 0. The van der Waals surface area contributed by atoms with Crippen LogP contribution in [0.5, 0.6) is 0 Å². The van der Waals surface area contributed by atoms with Gasteiger partial charge in [0.1, 0.15) is 4.60 Å². The second-order valence-electron chi connectivity index (χ2n) is 3.73. The SMILES string of the molecule is Brc1cccc(-c2cnn(-c3cccnc3)c2)n1. The minimum absolute atomic E-state index is 0.814. The first-order valence-corrected chi connectivity index (χ1v) is 6.20. The van der Waals surface area contributed by atoms with Crippen LogP contribution >= 0.6 is 15.9 Å².